The molecule has 3 aliphatic carbocycles. The molecule has 4 unspecified atom stereocenters. The van der Waals surface area contributed by atoms with Crippen molar-refractivity contribution in [3.63, 3.8) is 0 Å². The molecule has 4 nitrogen and oxygen atoms in total. The number of hydrogen-bond acceptors (Lipinski definition) is 3. The molecule has 0 radical (unpaired) electrons. The van der Waals surface area contributed by atoms with E-state index in [2.05, 4.69) is 17.5 Å². The molecular weight excluding hydrogens is 266 g/mol. The first-order valence-corrected chi connectivity index (χ1v) is 8.19. The van der Waals surface area contributed by atoms with E-state index >= 15 is 0 Å². The predicted molar refractivity (Wildman–Crippen MR) is 79.8 cm³/mol. The van der Waals surface area contributed by atoms with E-state index in [4.69, 9.17) is 4.74 Å². The average Bonchev–Trinajstić information content (AvgIpc) is 3.07. The molecule has 2 saturated carbocycles. The van der Waals surface area contributed by atoms with Gasteiger partial charge in [0.05, 0.1) is 0 Å². The molecule has 0 aliphatic heterocycles. The highest BCUT2D eigenvalue weighted by molar-refractivity contribution is 5.81. The zero-order chi connectivity index (χ0) is 15.0. The van der Waals surface area contributed by atoms with Crippen LogP contribution in [0, 0.1) is 23.2 Å². The number of carbonyl (C=O) groups excluding carboxylic acids is 2. The van der Waals surface area contributed by atoms with Crippen molar-refractivity contribution in [2.75, 3.05) is 6.61 Å². The number of amides is 1. The number of Topliss-reactive ketones (excluding diaryl/α,β-unsaturated/α-hetero) is 1. The summed E-state index contributed by atoms with van der Waals surface area (Å²) in [5.74, 6) is 1.16. The number of alkyl carbamates (subject to hydrolysis) is 1. The molecule has 2 bridgehead atoms. The summed E-state index contributed by atoms with van der Waals surface area (Å²) >= 11 is 0. The van der Waals surface area contributed by atoms with Crippen LogP contribution in [0.15, 0.2) is 12.2 Å². The molecule has 3 aliphatic rings. The molecule has 1 N–H and O–H groups in total. The van der Waals surface area contributed by atoms with E-state index in [0.717, 1.165) is 25.7 Å². The van der Waals surface area contributed by atoms with E-state index in [-0.39, 0.29) is 23.2 Å². The van der Waals surface area contributed by atoms with E-state index in [1.54, 1.807) is 0 Å². The Kier molecular flexibility index (Phi) is 3.80. The van der Waals surface area contributed by atoms with E-state index in [1.165, 1.54) is 0 Å². The van der Waals surface area contributed by atoms with Crippen molar-refractivity contribution in [2.24, 2.45) is 23.2 Å². The van der Waals surface area contributed by atoms with Gasteiger partial charge in [-0.3, -0.25) is 4.79 Å². The number of fused-ring (bicyclic) bond motifs is 2. The average molecular weight is 291 g/mol. The molecule has 0 saturated heterocycles. The summed E-state index contributed by atoms with van der Waals surface area (Å²) in [4.78, 5) is 24.1. The Morgan fingerprint density at radius 1 is 1.38 bits per heavy atom. The quantitative estimate of drug-likeness (QED) is 0.765. The van der Waals surface area contributed by atoms with E-state index in [1.807, 2.05) is 13.8 Å². The lowest BCUT2D eigenvalue weighted by Gasteiger charge is -2.39. The molecule has 4 heteroatoms. The lowest BCUT2D eigenvalue weighted by Crippen LogP contribution is -2.43. The van der Waals surface area contributed by atoms with Crippen LogP contribution >= 0.6 is 0 Å². The molecule has 0 aromatic heterocycles. The van der Waals surface area contributed by atoms with Crippen LogP contribution in [-0.2, 0) is 9.53 Å². The Morgan fingerprint density at radius 3 is 2.67 bits per heavy atom. The summed E-state index contributed by atoms with van der Waals surface area (Å²) in [7, 11) is 0. The molecule has 2 fully saturated rings. The summed E-state index contributed by atoms with van der Waals surface area (Å²) in [6.07, 6.45) is 8.91. The maximum atomic E-state index is 12.2. The van der Waals surface area contributed by atoms with Crippen LogP contribution in [0.5, 0.6) is 0 Å². The fourth-order valence-corrected chi connectivity index (χ4v) is 4.04. The molecular formula is C17H25NO3. The van der Waals surface area contributed by atoms with Crippen LogP contribution < -0.4 is 5.32 Å². The van der Waals surface area contributed by atoms with Crippen molar-refractivity contribution in [1.29, 1.82) is 0 Å². The fraction of sp³-hybridized carbons (Fsp3) is 0.765. The molecule has 0 aromatic carbocycles. The second-order valence-electron chi connectivity index (χ2n) is 6.96. The van der Waals surface area contributed by atoms with Gasteiger partial charge in [-0.15, -0.1) is 0 Å². The van der Waals surface area contributed by atoms with Crippen LogP contribution in [0.2, 0.25) is 0 Å². The van der Waals surface area contributed by atoms with Crippen molar-refractivity contribution >= 4 is 11.9 Å². The monoisotopic (exact) mass is 291 g/mol. The lowest BCUT2D eigenvalue weighted by atomic mass is 9.66. The number of carbonyl (C=O) groups is 2. The molecule has 21 heavy (non-hydrogen) atoms. The van der Waals surface area contributed by atoms with Gasteiger partial charge in [-0.2, -0.15) is 0 Å². The molecule has 0 aromatic rings. The van der Waals surface area contributed by atoms with Crippen LogP contribution in [0.4, 0.5) is 4.79 Å². The zero-order valence-corrected chi connectivity index (χ0v) is 12.9. The van der Waals surface area contributed by atoms with Crippen molar-refractivity contribution < 1.29 is 14.3 Å². The maximum Gasteiger partial charge on any atom is 0.407 e. The van der Waals surface area contributed by atoms with Crippen molar-refractivity contribution in [2.45, 2.75) is 52.0 Å². The third-order valence-corrected chi connectivity index (χ3v) is 5.62. The summed E-state index contributed by atoms with van der Waals surface area (Å²) < 4.78 is 5.51. The number of hydrogen-bond donors (Lipinski definition) is 1. The van der Waals surface area contributed by atoms with Crippen molar-refractivity contribution in [3.05, 3.63) is 12.2 Å². The number of ketones is 1. The minimum absolute atomic E-state index is 0.0452. The van der Waals surface area contributed by atoms with Gasteiger partial charge in [-0.1, -0.05) is 26.0 Å². The van der Waals surface area contributed by atoms with E-state index in [9.17, 15) is 9.59 Å². The van der Waals surface area contributed by atoms with E-state index < -0.39 is 0 Å². The Balaban J connectivity index is 1.69. The molecule has 116 valence electrons. The summed E-state index contributed by atoms with van der Waals surface area (Å²) in [6, 6.07) is 0.308. The van der Waals surface area contributed by atoms with Gasteiger partial charge < -0.3 is 10.1 Å². The SMILES string of the molecule is CCC(=O)C(C)C1(COC(=O)NC2CC2)CC2C=CC1C2. The maximum absolute atomic E-state index is 12.2. The van der Waals surface area contributed by atoms with Gasteiger partial charge in [-0.25, -0.2) is 4.79 Å². The molecule has 4 atom stereocenters. The van der Waals surface area contributed by atoms with Gasteiger partial charge in [0.15, 0.2) is 0 Å². The molecule has 3 rings (SSSR count). The Bertz CT molecular complexity index is 469. The highest BCUT2D eigenvalue weighted by Gasteiger charge is 2.53. The number of allylic oxidation sites excluding steroid dienone is 2. The van der Waals surface area contributed by atoms with E-state index in [0.29, 0.717) is 30.9 Å². The van der Waals surface area contributed by atoms with Gasteiger partial charge >= 0.3 is 6.09 Å². The summed E-state index contributed by atoms with van der Waals surface area (Å²) in [6.45, 7) is 4.29. The fourth-order valence-electron chi connectivity index (χ4n) is 4.04. The minimum atomic E-state index is -0.320. The Labute approximate surface area is 126 Å². The Hall–Kier alpha value is -1.32. The number of nitrogens with one attached hydrogen (secondary N) is 1. The van der Waals surface area contributed by atoms with Gasteiger partial charge in [0, 0.05) is 23.8 Å². The van der Waals surface area contributed by atoms with Crippen molar-refractivity contribution in [3.8, 4) is 0 Å². The normalized spacial score (nSPS) is 34.8. The van der Waals surface area contributed by atoms with Crippen LogP contribution in [0.1, 0.15) is 46.0 Å². The number of rotatable bonds is 6. The second kappa shape index (κ2) is 5.47. The molecule has 0 spiro atoms. The summed E-state index contributed by atoms with van der Waals surface area (Å²) in [5, 5.41) is 2.86. The third kappa shape index (κ3) is 2.72. The minimum Gasteiger partial charge on any atom is -0.449 e. The third-order valence-electron chi connectivity index (χ3n) is 5.62. The lowest BCUT2D eigenvalue weighted by molar-refractivity contribution is -0.128. The largest absolute Gasteiger partial charge is 0.449 e. The number of ether oxygens (including phenoxy) is 1. The zero-order valence-electron chi connectivity index (χ0n) is 12.9. The highest BCUT2D eigenvalue weighted by Crippen LogP contribution is 2.56. The van der Waals surface area contributed by atoms with Crippen LogP contribution in [0.3, 0.4) is 0 Å². The Morgan fingerprint density at radius 2 is 2.14 bits per heavy atom. The first kappa shape index (κ1) is 14.6. The smallest absolute Gasteiger partial charge is 0.407 e. The van der Waals surface area contributed by atoms with Crippen LogP contribution in [-0.4, -0.2) is 24.5 Å². The topological polar surface area (TPSA) is 55.4 Å². The van der Waals surface area contributed by atoms with Gasteiger partial charge in [0.2, 0.25) is 0 Å². The highest BCUT2D eigenvalue weighted by atomic mass is 16.5. The predicted octanol–water partition coefficient (Wildman–Crippen LogP) is 3.07. The molecule has 0 heterocycles. The van der Waals surface area contributed by atoms with Crippen molar-refractivity contribution in [1.82, 2.24) is 5.32 Å². The second-order valence-corrected chi connectivity index (χ2v) is 6.96. The summed E-state index contributed by atoms with van der Waals surface area (Å²) in [5.41, 5.74) is -0.187. The van der Waals surface area contributed by atoms with Crippen LogP contribution in [0.25, 0.3) is 0 Å². The standard InChI is InChI=1S/C17H25NO3/c1-3-15(19)11(2)17(9-12-4-5-13(17)8-12)10-21-16(20)18-14-6-7-14/h4-5,11-14H,3,6-10H2,1-2H3,(H,18,20). The van der Waals surface area contributed by atoms with Gasteiger partial charge in [0.25, 0.3) is 0 Å². The first-order chi connectivity index (χ1) is 10.0. The first-order valence-electron chi connectivity index (χ1n) is 8.19. The molecule has 1 amide bonds. The van der Waals surface area contributed by atoms with Gasteiger partial charge in [0.1, 0.15) is 12.4 Å². The van der Waals surface area contributed by atoms with Gasteiger partial charge in [-0.05, 0) is 37.5 Å².